The van der Waals surface area contributed by atoms with Gasteiger partial charge in [-0.25, -0.2) is 9.97 Å². The molecule has 0 aromatic carbocycles. The number of hydrogen-bond acceptors (Lipinski definition) is 3. The van der Waals surface area contributed by atoms with E-state index in [9.17, 15) is 0 Å². The van der Waals surface area contributed by atoms with Crippen molar-refractivity contribution >= 4 is 5.82 Å². The fourth-order valence-electron chi connectivity index (χ4n) is 1.71. The van der Waals surface area contributed by atoms with Crippen molar-refractivity contribution in [2.45, 2.75) is 52.4 Å². The number of aromatic nitrogens is 2. The van der Waals surface area contributed by atoms with Crippen LogP contribution in [0.15, 0.2) is 6.33 Å². The summed E-state index contributed by atoms with van der Waals surface area (Å²) in [6.45, 7) is 12.8. The second-order valence-corrected chi connectivity index (χ2v) is 5.98. The summed E-state index contributed by atoms with van der Waals surface area (Å²) in [6.07, 6.45) is 1.55. The molecule has 0 atom stereocenters. The van der Waals surface area contributed by atoms with Gasteiger partial charge in [0.05, 0.1) is 5.69 Å². The normalized spacial score (nSPS) is 12.9. The molecule has 1 rings (SSSR count). The van der Waals surface area contributed by atoms with Crippen molar-refractivity contribution in [3.63, 3.8) is 0 Å². The highest BCUT2D eigenvalue weighted by Gasteiger charge is 2.28. The highest BCUT2D eigenvalue weighted by Crippen LogP contribution is 2.34. The van der Waals surface area contributed by atoms with E-state index >= 15 is 0 Å². The summed E-state index contributed by atoms with van der Waals surface area (Å²) in [5, 5.41) is 0. The standard InChI is InChI=1S/C12H21N3/c1-11(2,3)8-9(12(4,5)6)14-7-15-10(8)13/h7H,1-6H3,(H2,13,14,15). The number of hydrogen-bond donors (Lipinski definition) is 1. The Bertz CT molecular complexity index is 356. The van der Waals surface area contributed by atoms with Crippen molar-refractivity contribution in [3.8, 4) is 0 Å². The van der Waals surface area contributed by atoms with Gasteiger partial charge in [0.2, 0.25) is 0 Å². The second kappa shape index (κ2) is 3.47. The van der Waals surface area contributed by atoms with Gasteiger partial charge in [-0.1, -0.05) is 41.5 Å². The van der Waals surface area contributed by atoms with Crippen molar-refractivity contribution in [3.05, 3.63) is 17.6 Å². The smallest absolute Gasteiger partial charge is 0.130 e. The summed E-state index contributed by atoms with van der Waals surface area (Å²) in [4.78, 5) is 8.47. The third-order valence-electron chi connectivity index (χ3n) is 2.34. The topological polar surface area (TPSA) is 51.8 Å². The number of rotatable bonds is 0. The number of nitrogens with two attached hydrogens (primary N) is 1. The van der Waals surface area contributed by atoms with E-state index in [1.807, 2.05) is 0 Å². The predicted octanol–water partition coefficient (Wildman–Crippen LogP) is 2.65. The predicted molar refractivity (Wildman–Crippen MR) is 63.8 cm³/mol. The zero-order valence-electron chi connectivity index (χ0n) is 10.5. The molecule has 84 valence electrons. The van der Waals surface area contributed by atoms with E-state index in [2.05, 4.69) is 51.5 Å². The van der Waals surface area contributed by atoms with Crippen LogP contribution < -0.4 is 5.73 Å². The Labute approximate surface area is 92.1 Å². The van der Waals surface area contributed by atoms with Crippen LogP contribution in [0.2, 0.25) is 0 Å². The molecule has 0 spiro atoms. The minimum atomic E-state index is -0.0199. The minimum absolute atomic E-state index is 0.000324. The molecule has 0 amide bonds. The van der Waals surface area contributed by atoms with Crippen molar-refractivity contribution in [2.75, 3.05) is 5.73 Å². The molecule has 0 saturated heterocycles. The first-order chi connectivity index (χ1) is 6.64. The van der Waals surface area contributed by atoms with Crippen LogP contribution in [0.4, 0.5) is 5.82 Å². The molecule has 1 aromatic heterocycles. The van der Waals surface area contributed by atoms with E-state index in [4.69, 9.17) is 5.73 Å². The first kappa shape index (κ1) is 12.0. The van der Waals surface area contributed by atoms with Crippen LogP contribution in [0, 0.1) is 0 Å². The molecule has 0 saturated carbocycles. The van der Waals surface area contributed by atoms with Gasteiger partial charge in [0, 0.05) is 11.0 Å². The molecule has 0 aliphatic rings. The van der Waals surface area contributed by atoms with E-state index in [-0.39, 0.29) is 10.8 Å². The Hall–Kier alpha value is -1.12. The Kier molecular flexibility index (Phi) is 2.77. The van der Waals surface area contributed by atoms with Gasteiger partial charge in [0.25, 0.3) is 0 Å². The SMILES string of the molecule is CC(C)(C)c1ncnc(N)c1C(C)(C)C. The maximum atomic E-state index is 5.95. The van der Waals surface area contributed by atoms with E-state index in [1.54, 1.807) is 6.33 Å². The molecular formula is C12H21N3. The summed E-state index contributed by atoms with van der Waals surface area (Å²) in [5.41, 5.74) is 8.04. The Balaban J connectivity index is 3.48. The maximum absolute atomic E-state index is 5.95. The lowest BCUT2D eigenvalue weighted by atomic mass is 9.78. The lowest BCUT2D eigenvalue weighted by Crippen LogP contribution is -2.25. The lowest BCUT2D eigenvalue weighted by Gasteiger charge is -2.29. The third-order valence-corrected chi connectivity index (χ3v) is 2.34. The van der Waals surface area contributed by atoms with Crippen molar-refractivity contribution in [1.82, 2.24) is 9.97 Å². The molecule has 3 heteroatoms. The summed E-state index contributed by atoms with van der Waals surface area (Å²) < 4.78 is 0. The van der Waals surface area contributed by atoms with Gasteiger partial charge in [-0.2, -0.15) is 0 Å². The first-order valence-corrected chi connectivity index (χ1v) is 5.25. The van der Waals surface area contributed by atoms with E-state index < -0.39 is 0 Å². The Morgan fingerprint density at radius 2 is 1.47 bits per heavy atom. The van der Waals surface area contributed by atoms with Gasteiger partial charge in [-0.15, -0.1) is 0 Å². The molecule has 0 aliphatic heterocycles. The zero-order valence-corrected chi connectivity index (χ0v) is 10.5. The molecule has 3 nitrogen and oxygen atoms in total. The van der Waals surface area contributed by atoms with E-state index in [0.29, 0.717) is 5.82 Å². The van der Waals surface area contributed by atoms with Gasteiger partial charge in [-0.3, -0.25) is 0 Å². The number of nitrogens with zero attached hydrogens (tertiary/aromatic N) is 2. The number of anilines is 1. The van der Waals surface area contributed by atoms with Crippen molar-refractivity contribution < 1.29 is 0 Å². The fourth-order valence-corrected chi connectivity index (χ4v) is 1.71. The van der Waals surface area contributed by atoms with Crippen LogP contribution in [-0.2, 0) is 10.8 Å². The first-order valence-electron chi connectivity index (χ1n) is 5.25. The maximum Gasteiger partial charge on any atom is 0.130 e. The van der Waals surface area contributed by atoms with Crippen LogP contribution in [-0.4, -0.2) is 9.97 Å². The minimum Gasteiger partial charge on any atom is -0.383 e. The van der Waals surface area contributed by atoms with Crippen molar-refractivity contribution in [2.24, 2.45) is 0 Å². The van der Waals surface area contributed by atoms with E-state index in [1.165, 1.54) is 0 Å². The molecule has 15 heavy (non-hydrogen) atoms. The van der Waals surface area contributed by atoms with Crippen LogP contribution in [0.3, 0.4) is 0 Å². The molecule has 0 bridgehead atoms. The van der Waals surface area contributed by atoms with Gasteiger partial charge < -0.3 is 5.73 Å². The second-order valence-electron chi connectivity index (χ2n) is 5.98. The summed E-state index contributed by atoms with van der Waals surface area (Å²) in [5.74, 6) is 0.599. The molecule has 2 N–H and O–H groups in total. The Morgan fingerprint density at radius 3 is 1.80 bits per heavy atom. The van der Waals surface area contributed by atoms with Crippen LogP contribution in [0.1, 0.15) is 52.8 Å². The van der Waals surface area contributed by atoms with Gasteiger partial charge in [-0.05, 0) is 5.41 Å². The van der Waals surface area contributed by atoms with Gasteiger partial charge >= 0.3 is 0 Å². The largest absolute Gasteiger partial charge is 0.383 e. The highest BCUT2D eigenvalue weighted by atomic mass is 14.9. The number of nitrogen functional groups attached to an aromatic ring is 1. The Morgan fingerprint density at radius 1 is 0.933 bits per heavy atom. The van der Waals surface area contributed by atoms with Gasteiger partial charge in [0.1, 0.15) is 12.1 Å². The molecule has 1 heterocycles. The van der Waals surface area contributed by atoms with Crippen LogP contribution in [0.5, 0.6) is 0 Å². The summed E-state index contributed by atoms with van der Waals surface area (Å²) in [7, 11) is 0. The summed E-state index contributed by atoms with van der Waals surface area (Å²) >= 11 is 0. The van der Waals surface area contributed by atoms with Crippen LogP contribution >= 0.6 is 0 Å². The molecule has 0 unspecified atom stereocenters. The van der Waals surface area contributed by atoms with Gasteiger partial charge in [0.15, 0.2) is 0 Å². The molecule has 1 aromatic rings. The molecular weight excluding hydrogens is 186 g/mol. The molecule has 0 aliphatic carbocycles. The van der Waals surface area contributed by atoms with E-state index in [0.717, 1.165) is 11.3 Å². The average Bonchev–Trinajstić information content (AvgIpc) is 1.99. The molecule has 0 fully saturated rings. The lowest BCUT2D eigenvalue weighted by molar-refractivity contribution is 0.512. The summed E-state index contributed by atoms with van der Waals surface area (Å²) in [6, 6.07) is 0. The monoisotopic (exact) mass is 207 g/mol. The third kappa shape index (κ3) is 2.46. The quantitative estimate of drug-likeness (QED) is 0.711. The van der Waals surface area contributed by atoms with Crippen molar-refractivity contribution in [1.29, 1.82) is 0 Å². The zero-order chi connectivity index (χ0) is 11.9. The average molecular weight is 207 g/mol. The van der Waals surface area contributed by atoms with Crippen LogP contribution in [0.25, 0.3) is 0 Å². The molecule has 0 radical (unpaired) electrons. The highest BCUT2D eigenvalue weighted by molar-refractivity contribution is 5.48. The fraction of sp³-hybridized carbons (Fsp3) is 0.667.